The van der Waals surface area contributed by atoms with Crippen molar-refractivity contribution in [1.29, 1.82) is 0 Å². The number of hydrogen-bond donors (Lipinski definition) is 1. The molecule has 0 fully saturated rings. The number of carboxylic acids is 1. The fourth-order valence-electron chi connectivity index (χ4n) is 3.43. The van der Waals surface area contributed by atoms with Crippen molar-refractivity contribution in [3.8, 4) is 5.75 Å². The van der Waals surface area contributed by atoms with Gasteiger partial charge in [-0.15, -0.1) is 0 Å². The van der Waals surface area contributed by atoms with Crippen LogP contribution in [0.25, 0.3) is 11.0 Å². The highest BCUT2D eigenvalue weighted by molar-refractivity contribution is 5.86. The maximum atomic E-state index is 12.3. The van der Waals surface area contributed by atoms with Crippen LogP contribution < -0.4 is 20.8 Å². The molecule has 1 aliphatic rings. The number of carbonyl (C=O) groups is 2. The Balaban J connectivity index is 1.84. The average molecular weight is 372 g/mol. The number of fused-ring (bicyclic) bond motifs is 3. The second kappa shape index (κ2) is 7.82. The van der Waals surface area contributed by atoms with Crippen molar-refractivity contribution in [2.24, 2.45) is 0 Å². The molecule has 1 atom stereocenters. The fourth-order valence-corrected chi connectivity index (χ4v) is 3.43. The number of amides is 1. The lowest BCUT2D eigenvalue weighted by Crippen LogP contribution is -2.38. The summed E-state index contributed by atoms with van der Waals surface area (Å²) in [7, 11) is 0. The van der Waals surface area contributed by atoms with E-state index in [1.807, 2.05) is 6.07 Å². The molecule has 0 unspecified atom stereocenters. The summed E-state index contributed by atoms with van der Waals surface area (Å²) >= 11 is 0. The van der Waals surface area contributed by atoms with E-state index in [1.165, 1.54) is 0 Å². The lowest BCUT2D eigenvalue weighted by molar-refractivity contribution is -0.305. The van der Waals surface area contributed by atoms with Crippen LogP contribution >= 0.6 is 0 Å². The summed E-state index contributed by atoms with van der Waals surface area (Å²) in [4.78, 5) is 34.8. The Morgan fingerprint density at radius 1 is 1.26 bits per heavy atom. The zero-order chi connectivity index (χ0) is 19.6. The molecule has 144 valence electrons. The maximum absolute atomic E-state index is 12.3. The zero-order valence-electron chi connectivity index (χ0n) is 15.4. The quantitative estimate of drug-likeness (QED) is 0.758. The molecule has 0 aliphatic heterocycles. The molecule has 1 aliphatic carbocycles. The average Bonchev–Trinajstić information content (AvgIpc) is 2.64. The van der Waals surface area contributed by atoms with Gasteiger partial charge in [0, 0.05) is 35.4 Å². The number of ether oxygens (including phenoxy) is 1. The Hall–Kier alpha value is -2.83. The summed E-state index contributed by atoms with van der Waals surface area (Å²) in [6, 6.07) is 3.64. The van der Waals surface area contributed by atoms with E-state index >= 15 is 0 Å². The van der Waals surface area contributed by atoms with Crippen LogP contribution in [0.15, 0.2) is 21.3 Å². The highest BCUT2D eigenvalue weighted by Crippen LogP contribution is 2.32. The summed E-state index contributed by atoms with van der Waals surface area (Å²) in [5.41, 5.74) is 2.67. The molecule has 0 saturated carbocycles. The second-order valence-electron chi connectivity index (χ2n) is 6.79. The van der Waals surface area contributed by atoms with E-state index in [-0.39, 0.29) is 18.6 Å². The van der Waals surface area contributed by atoms with Crippen molar-refractivity contribution < 1.29 is 23.8 Å². The molecule has 0 bridgehead atoms. The van der Waals surface area contributed by atoms with Crippen molar-refractivity contribution in [2.75, 3.05) is 6.54 Å². The van der Waals surface area contributed by atoms with Crippen LogP contribution in [0, 0.1) is 6.92 Å². The number of rotatable bonds is 6. The highest BCUT2D eigenvalue weighted by atomic mass is 16.5. The minimum absolute atomic E-state index is 0.0212. The van der Waals surface area contributed by atoms with Gasteiger partial charge in [-0.3, -0.25) is 4.79 Å². The first kappa shape index (κ1) is 18.9. The molecule has 1 aromatic heterocycles. The molecule has 1 N–H and O–H groups in total. The molecule has 7 nitrogen and oxygen atoms in total. The Labute approximate surface area is 156 Å². The molecule has 2 aromatic rings. The van der Waals surface area contributed by atoms with Gasteiger partial charge >= 0.3 is 5.63 Å². The van der Waals surface area contributed by atoms with Crippen LogP contribution in [-0.4, -0.2) is 24.5 Å². The molecule has 1 aromatic carbocycles. The van der Waals surface area contributed by atoms with Gasteiger partial charge in [0.05, 0.1) is 0 Å². The van der Waals surface area contributed by atoms with Crippen molar-refractivity contribution in [2.45, 2.75) is 52.1 Å². The molecule has 3 rings (SSSR count). The smallest absolute Gasteiger partial charge is 0.339 e. The Kier molecular flexibility index (Phi) is 5.48. The van der Waals surface area contributed by atoms with Gasteiger partial charge < -0.3 is 24.4 Å². The lowest BCUT2D eigenvalue weighted by Gasteiger charge is -2.19. The van der Waals surface area contributed by atoms with Crippen molar-refractivity contribution in [3.05, 3.63) is 39.2 Å². The van der Waals surface area contributed by atoms with E-state index in [4.69, 9.17) is 9.15 Å². The minimum atomic E-state index is -1.23. The number of hydrogen-bond acceptors (Lipinski definition) is 6. The monoisotopic (exact) mass is 372 g/mol. The van der Waals surface area contributed by atoms with Crippen LogP contribution in [-0.2, 0) is 22.4 Å². The van der Waals surface area contributed by atoms with E-state index in [0.29, 0.717) is 16.9 Å². The number of carboxylic acid groups (broad SMARTS) is 1. The largest absolute Gasteiger partial charge is 0.550 e. The topological polar surface area (TPSA) is 109 Å². The van der Waals surface area contributed by atoms with Gasteiger partial charge in [0.1, 0.15) is 11.3 Å². The first-order valence-corrected chi connectivity index (χ1v) is 9.11. The maximum Gasteiger partial charge on any atom is 0.339 e. The lowest BCUT2D eigenvalue weighted by atomic mass is 9.90. The molecule has 7 heteroatoms. The van der Waals surface area contributed by atoms with Crippen molar-refractivity contribution in [1.82, 2.24) is 5.32 Å². The number of aryl methyl sites for hydroxylation is 2. The van der Waals surface area contributed by atoms with Crippen LogP contribution in [0.5, 0.6) is 5.75 Å². The second-order valence-corrected chi connectivity index (χ2v) is 6.79. The third kappa shape index (κ3) is 3.97. The molecular weight excluding hydrogens is 350 g/mol. The zero-order valence-corrected chi connectivity index (χ0v) is 15.4. The predicted molar refractivity (Wildman–Crippen MR) is 96.6 cm³/mol. The number of carbonyl (C=O) groups excluding carboxylic acids is 2. The van der Waals surface area contributed by atoms with Crippen LogP contribution in [0.4, 0.5) is 0 Å². The van der Waals surface area contributed by atoms with Crippen molar-refractivity contribution in [3.63, 3.8) is 0 Å². The van der Waals surface area contributed by atoms with Gasteiger partial charge in [0.2, 0.25) is 0 Å². The molecular formula is C20H22NO6-. The van der Waals surface area contributed by atoms with Crippen LogP contribution in [0.3, 0.4) is 0 Å². The van der Waals surface area contributed by atoms with Crippen molar-refractivity contribution >= 4 is 22.8 Å². The van der Waals surface area contributed by atoms with E-state index < -0.39 is 18.0 Å². The molecule has 1 amide bonds. The third-order valence-electron chi connectivity index (χ3n) is 4.89. The Bertz CT molecular complexity index is 946. The predicted octanol–water partition coefficient (Wildman–Crippen LogP) is 1.00. The molecule has 1 heterocycles. The van der Waals surface area contributed by atoms with Crippen LogP contribution in [0.2, 0.25) is 0 Å². The van der Waals surface area contributed by atoms with E-state index in [0.717, 1.165) is 42.2 Å². The Morgan fingerprint density at radius 2 is 1.96 bits per heavy atom. The number of aliphatic carboxylic acids is 1. The summed E-state index contributed by atoms with van der Waals surface area (Å²) in [5, 5.41) is 13.8. The van der Waals surface area contributed by atoms with E-state index in [2.05, 4.69) is 5.32 Å². The summed E-state index contributed by atoms with van der Waals surface area (Å²) in [5.74, 6) is -1.21. The highest BCUT2D eigenvalue weighted by Gasteiger charge is 2.21. The van der Waals surface area contributed by atoms with E-state index in [1.54, 1.807) is 19.9 Å². The van der Waals surface area contributed by atoms with Gasteiger partial charge in [-0.05, 0) is 57.2 Å². The number of nitrogens with one attached hydrogen (secondary N) is 1. The SMILES string of the molecule is Cc1c(O[C@@H](C)C(=O)NCCC(=O)[O-])ccc2c3c(c(=O)oc12)CCCC3. The Morgan fingerprint density at radius 3 is 2.67 bits per heavy atom. The van der Waals surface area contributed by atoms with Gasteiger partial charge in [-0.2, -0.15) is 0 Å². The van der Waals surface area contributed by atoms with Gasteiger partial charge in [-0.25, -0.2) is 4.79 Å². The summed E-state index contributed by atoms with van der Waals surface area (Å²) < 4.78 is 11.3. The standard InChI is InChI=1S/C20H23NO6/c1-11-16(26-12(2)19(24)21-10-9-17(22)23)8-7-14-13-5-3-4-6-15(13)20(25)27-18(11)14/h7-8,12H,3-6,9-10H2,1-2H3,(H,21,24)(H,22,23)/p-1/t12-/m0/s1. The third-order valence-corrected chi connectivity index (χ3v) is 4.89. The van der Waals surface area contributed by atoms with Gasteiger partial charge in [0.15, 0.2) is 6.10 Å². The van der Waals surface area contributed by atoms with Gasteiger partial charge in [-0.1, -0.05) is 0 Å². The first-order chi connectivity index (χ1) is 12.9. The molecule has 0 radical (unpaired) electrons. The molecule has 0 saturated heterocycles. The molecule has 0 spiro atoms. The van der Waals surface area contributed by atoms with E-state index in [9.17, 15) is 19.5 Å². The first-order valence-electron chi connectivity index (χ1n) is 9.11. The van der Waals surface area contributed by atoms with Gasteiger partial charge in [0.25, 0.3) is 5.91 Å². The minimum Gasteiger partial charge on any atom is -0.550 e. The normalized spacial score (nSPS) is 14.4. The summed E-state index contributed by atoms with van der Waals surface area (Å²) in [6.45, 7) is 3.34. The molecule has 27 heavy (non-hydrogen) atoms. The summed E-state index contributed by atoms with van der Waals surface area (Å²) in [6.07, 6.45) is 2.55. The number of benzene rings is 1. The van der Waals surface area contributed by atoms with Crippen LogP contribution in [0.1, 0.15) is 42.9 Å². The fraction of sp³-hybridized carbons (Fsp3) is 0.450.